The van der Waals surface area contributed by atoms with Gasteiger partial charge in [0.25, 0.3) is 0 Å². The third kappa shape index (κ3) is 3.80. The van der Waals surface area contributed by atoms with Crippen LogP contribution >= 0.6 is 0 Å². The molecule has 3 saturated heterocycles. The molecule has 1 aromatic heterocycles. The number of anilines is 1. The topological polar surface area (TPSA) is 71.0 Å². The van der Waals surface area contributed by atoms with Gasteiger partial charge in [-0.3, -0.25) is 4.90 Å². The minimum atomic E-state index is -0.211. The van der Waals surface area contributed by atoms with Gasteiger partial charge < -0.3 is 19.5 Å². The Kier molecular flexibility index (Phi) is 5.29. The number of β-amino-alcohol motifs (C(OH)–C–C–N with tert-alkyl or cyclic N) is 1. The summed E-state index contributed by atoms with van der Waals surface area (Å²) in [5, 5.41) is 10.6. The average Bonchev–Trinajstić information content (AvgIpc) is 2.69. The Hall–Kier alpha value is -1.44. The van der Waals surface area contributed by atoms with E-state index < -0.39 is 0 Å². The summed E-state index contributed by atoms with van der Waals surface area (Å²) >= 11 is 0. The molecule has 4 heterocycles. The first kappa shape index (κ1) is 17.9. The first-order chi connectivity index (χ1) is 12.7. The molecule has 26 heavy (non-hydrogen) atoms. The van der Waals surface area contributed by atoms with Crippen molar-refractivity contribution in [2.75, 3.05) is 51.4 Å². The summed E-state index contributed by atoms with van der Waals surface area (Å²) in [6.45, 7) is 5.57. The second-order valence-electron chi connectivity index (χ2n) is 8.04. The summed E-state index contributed by atoms with van der Waals surface area (Å²) in [6.07, 6.45) is 6.65. The number of hydrogen-bond acceptors (Lipinski definition) is 7. The summed E-state index contributed by atoms with van der Waals surface area (Å²) in [5.41, 5.74) is 0.226. The van der Waals surface area contributed by atoms with Crippen molar-refractivity contribution in [1.82, 2.24) is 14.9 Å². The van der Waals surface area contributed by atoms with E-state index >= 15 is 0 Å². The van der Waals surface area contributed by atoms with Crippen LogP contribution in [0.2, 0.25) is 0 Å². The lowest BCUT2D eigenvalue weighted by Gasteiger charge is -2.51. The molecule has 0 aliphatic carbocycles. The number of rotatable bonds is 3. The molecule has 7 nitrogen and oxygen atoms in total. The third-order valence-electron chi connectivity index (χ3n) is 6.34. The zero-order valence-corrected chi connectivity index (χ0v) is 15.6. The van der Waals surface area contributed by atoms with Gasteiger partial charge in [0, 0.05) is 51.5 Å². The Morgan fingerprint density at radius 3 is 2.73 bits per heavy atom. The summed E-state index contributed by atoms with van der Waals surface area (Å²) in [6, 6.07) is 2.47. The fraction of sp³-hybridized carbons (Fsp3) is 0.789. The van der Waals surface area contributed by atoms with Crippen LogP contribution < -0.4 is 9.64 Å². The first-order valence-electron chi connectivity index (χ1n) is 9.78. The molecule has 3 aliphatic heterocycles. The maximum absolute atomic E-state index is 10.6. The maximum Gasteiger partial charge on any atom is 0.218 e. The molecular formula is C19H30N4O3. The van der Waals surface area contributed by atoms with Crippen molar-refractivity contribution < 1.29 is 14.6 Å². The number of aliphatic hydroxyl groups excluding tert-OH is 1. The van der Waals surface area contributed by atoms with Crippen molar-refractivity contribution in [3.8, 4) is 5.88 Å². The second kappa shape index (κ2) is 7.66. The highest BCUT2D eigenvalue weighted by molar-refractivity contribution is 5.41. The zero-order chi connectivity index (χ0) is 18.0. The molecule has 0 aromatic carbocycles. The van der Waals surface area contributed by atoms with Gasteiger partial charge in [0.2, 0.25) is 5.88 Å². The summed E-state index contributed by atoms with van der Waals surface area (Å²) in [5.74, 6) is 1.54. The monoisotopic (exact) mass is 362 g/mol. The summed E-state index contributed by atoms with van der Waals surface area (Å²) in [4.78, 5) is 13.4. The van der Waals surface area contributed by atoms with E-state index in [1.165, 1.54) is 0 Å². The smallest absolute Gasteiger partial charge is 0.218 e. The molecule has 1 aromatic rings. The zero-order valence-electron chi connectivity index (χ0n) is 15.6. The molecule has 0 bridgehead atoms. The number of aromatic nitrogens is 2. The van der Waals surface area contributed by atoms with Gasteiger partial charge >= 0.3 is 0 Å². The molecule has 3 fully saturated rings. The van der Waals surface area contributed by atoms with E-state index in [1.54, 1.807) is 13.4 Å². The Balaban J connectivity index is 1.41. The lowest BCUT2D eigenvalue weighted by Crippen LogP contribution is -2.57. The molecule has 0 radical (unpaired) electrons. The molecular weight excluding hydrogens is 332 g/mol. The lowest BCUT2D eigenvalue weighted by atomic mass is 9.71. The molecule has 0 amide bonds. The van der Waals surface area contributed by atoms with Crippen LogP contribution in [0.4, 0.5) is 5.82 Å². The maximum atomic E-state index is 10.6. The van der Waals surface area contributed by atoms with Crippen molar-refractivity contribution in [1.29, 1.82) is 0 Å². The Bertz CT molecular complexity index is 600. The van der Waals surface area contributed by atoms with E-state index in [4.69, 9.17) is 9.47 Å². The van der Waals surface area contributed by atoms with Crippen molar-refractivity contribution >= 4 is 5.82 Å². The van der Waals surface area contributed by atoms with E-state index in [0.29, 0.717) is 11.9 Å². The fourth-order valence-electron chi connectivity index (χ4n) is 4.91. The van der Waals surface area contributed by atoms with Crippen molar-refractivity contribution in [3.63, 3.8) is 0 Å². The number of methoxy groups -OCH3 is 1. The van der Waals surface area contributed by atoms with E-state index in [-0.39, 0.29) is 11.5 Å². The number of ether oxygens (including phenoxy) is 2. The normalized spacial score (nSPS) is 27.6. The Labute approximate surface area is 155 Å². The highest BCUT2D eigenvalue weighted by atomic mass is 16.5. The SMILES string of the molecule is COc1cc(N2CCC3(CC2)CC(O)CN(C2CCOCC2)C3)ncn1. The van der Waals surface area contributed by atoms with Crippen molar-refractivity contribution in [3.05, 3.63) is 12.4 Å². The highest BCUT2D eigenvalue weighted by Gasteiger charge is 2.43. The van der Waals surface area contributed by atoms with Gasteiger partial charge in [-0.2, -0.15) is 0 Å². The molecule has 144 valence electrons. The highest BCUT2D eigenvalue weighted by Crippen LogP contribution is 2.42. The van der Waals surface area contributed by atoms with Crippen molar-refractivity contribution in [2.24, 2.45) is 5.41 Å². The van der Waals surface area contributed by atoms with E-state index in [1.807, 2.05) is 6.07 Å². The predicted octanol–water partition coefficient (Wildman–Crippen LogP) is 1.32. The fourth-order valence-corrected chi connectivity index (χ4v) is 4.91. The van der Waals surface area contributed by atoms with Gasteiger partial charge in [-0.15, -0.1) is 0 Å². The molecule has 1 unspecified atom stereocenters. The number of hydrogen-bond donors (Lipinski definition) is 1. The van der Waals surface area contributed by atoms with Gasteiger partial charge in [-0.05, 0) is 37.5 Å². The second-order valence-corrected chi connectivity index (χ2v) is 8.04. The van der Waals surface area contributed by atoms with Crippen LogP contribution in [0.5, 0.6) is 5.88 Å². The van der Waals surface area contributed by atoms with E-state index in [2.05, 4.69) is 19.8 Å². The van der Waals surface area contributed by atoms with Crippen LogP contribution in [0.25, 0.3) is 0 Å². The van der Waals surface area contributed by atoms with Crippen molar-refractivity contribution in [2.45, 2.75) is 44.2 Å². The van der Waals surface area contributed by atoms with E-state index in [9.17, 15) is 5.11 Å². The lowest BCUT2D eigenvalue weighted by molar-refractivity contribution is -0.0602. The first-order valence-corrected chi connectivity index (χ1v) is 9.78. The summed E-state index contributed by atoms with van der Waals surface area (Å²) < 4.78 is 10.7. The molecule has 1 spiro atoms. The quantitative estimate of drug-likeness (QED) is 0.869. The number of piperidine rings is 2. The van der Waals surface area contributed by atoms with Gasteiger partial charge in [0.05, 0.1) is 13.2 Å². The van der Waals surface area contributed by atoms with Crippen LogP contribution in [0.15, 0.2) is 12.4 Å². The Morgan fingerprint density at radius 2 is 2.00 bits per heavy atom. The third-order valence-corrected chi connectivity index (χ3v) is 6.34. The summed E-state index contributed by atoms with van der Waals surface area (Å²) in [7, 11) is 1.63. The number of aliphatic hydroxyl groups is 1. The molecule has 0 saturated carbocycles. The molecule has 7 heteroatoms. The number of nitrogens with zero attached hydrogens (tertiary/aromatic N) is 4. The molecule has 3 aliphatic rings. The predicted molar refractivity (Wildman–Crippen MR) is 98.5 cm³/mol. The number of likely N-dealkylation sites (tertiary alicyclic amines) is 1. The van der Waals surface area contributed by atoms with Crippen LogP contribution in [0, 0.1) is 5.41 Å². The molecule has 1 N–H and O–H groups in total. The Morgan fingerprint density at radius 1 is 1.23 bits per heavy atom. The van der Waals surface area contributed by atoms with Crippen LogP contribution in [0.3, 0.4) is 0 Å². The van der Waals surface area contributed by atoms with Gasteiger partial charge in [0.15, 0.2) is 0 Å². The van der Waals surface area contributed by atoms with Crippen LogP contribution in [-0.4, -0.2) is 78.6 Å². The van der Waals surface area contributed by atoms with Gasteiger partial charge in [-0.1, -0.05) is 0 Å². The minimum absolute atomic E-state index is 0.211. The molecule has 4 rings (SSSR count). The standard InChI is InChI=1S/C19H30N4O3/c1-25-18-10-17(20-14-21-18)22-6-4-19(5-7-22)11-16(24)12-23(13-19)15-2-8-26-9-3-15/h10,14-16,24H,2-9,11-13H2,1H3. The minimum Gasteiger partial charge on any atom is -0.481 e. The van der Waals surface area contributed by atoms with Crippen LogP contribution in [0.1, 0.15) is 32.1 Å². The molecule has 1 atom stereocenters. The van der Waals surface area contributed by atoms with E-state index in [0.717, 1.165) is 77.3 Å². The van der Waals surface area contributed by atoms with Gasteiger partial charge in [0.1, 0.15) is 12.1 Å². The van der Waals surface area contributed by atoms with Gasteiger partial charge in [-0.25, -0.2) is 9.97 Å². The largest absolute Gasteiger partial charge is 0.481 e. The average molecular weight is 362 g/mol. The van der Waals surface area contributed by atoms with Crippen LogP contribution in [-0.2, 0) is 4.74 Å².